The van der Waals surface area contributed by atoms with Gasteiger partial charge in [-0.05, 0) is 12.8 Å². The van der Waals surface area contributed by atoms with E-state index < -0.39 is 0 Å². The van der Waals surface area contributed by atoms with Crippen LogP contribution in [0.3, 0.4) is 0 Å². The van der Waals surface area contributed by atoms with Gasteiger partial charge >= 0.3 is 6.01 Å². The van der Waals surface area contributed by atoms with Crippen molar-refractivity contribution in [3.63, 3.8) is 0 Å². The molecule has 15 heavy (non-hydrogen) atoms. The molecule has 1 aliphatic carbocycles. The molecule has 5 nitrogen and oxygen atoms in total. The van der Waals surface area contributed by atoms with Gasteiger partial charge in [0, 0.05) is 6.54 Å². The average molecular weight is 229 g/mol. The monoisotopic (exact) mass is 228 g/mol. The van der Waals surface area contributed by atoms with Crippen molar-refractivity contribution in [1.82, 2.24) is 9.97 Å². The second kappa shape index (κ2) is 3.83. The van der Waals surface area contributed by atoms with E-state index in [9.17, 15) is 0 Å². The van der Waals surface area contributed by atoms with Gasteiger partial charge in [0.05, 0.1) is 18.8 Å². The topological polar surface area (TPSA) is 73.1 Å². The van der Waals surface area contributed by atoms with Gasteiger partial charge in [0.25, 0.3) is 0 Å². The zero-order valence-corrected chi connectivity index (χ0v) is 9.21. The van der Waals surface area contributed by atoms with Crippen LogP contribution in [0.4, 0.5) is 5.82 Å². The smallest absolute Gasteiger partial charge is 0.318 e. The number of rotatable bonds is 4. The van der Waals surface area contributed by atoms with Crippen LogP contribution in [0.15, 0.2) is 6.20 Å². The number of methoxy groups -OCH3 is 1. The minimum Gasteiger partial charge on any atom is -0.467 e. The fourth-order valence-corrected chi connectivity index (χ4v) is 1.46. The molecule has 0 amide bonds. The first-order valence-corrected chi connectivity index (χ1v) is 5.12. The molecule has 1 aromatic rings. The number of nitrogens with zero attached hydrogens (tertiary/aromatic N) is 2. The Kier molecular flexibility index (Phi) is 2.67. The zero-order chi connectivity index (χ0) is 10.9. The molecule has 0 unspecified atom stereocenters. The van der Waals surface area contributed by atoms with Crippen LogP contribution in [-0.4, -0.2) is 29.2 Å². The Morgan fingerprint density at radius 1 is 1.67 bits per heavy atom. The Bertz CT molecular complexity index is 367. The highest BCUT2D eigenvalue weighted by molar-refractivity contribution is 6.32. The highest BCUT2D eigenvalue weighted by Crippen LogP contribution is 2.38. The third kappa shape index (κ3) is 2.13. The molecule has 0 radical (unpaired) electrons. The van der Waals surface area contributed by atoms with Crippen molar-refractivity contribution in [2.24, 2.45) is 5.73 Å². The van der Waals surface area contributed by atoms with Gasteiger partial charge in [0.1, 0.15) is 5.02 Å². The molecule has 3 N–H and O–H groups in total. The molecule has 1 heterocycles. The van der Waals surface area contributed by atoms with Crippen LogP contribution < -0.4 is 15.8 Å². The summed E-state index contributed by atoms with van der Waals surface area (Å²) in [5.41, 5.74) is 5.63. The molecule has 1 fully saturated rings. The molecular weight excluding hydrogens is 216 g/mol. The second-order valence-electron chi connectivity index (χ2n) is 3.66. The van der Waals surface area contributed by atoms with Gasteiger partial charge in [-0.25, -0.2) is 4.98 Å². The van der Waals surface area contributed by atoms with Crippen molar-refractivity contribution in [1.29, 1.82) is 0 Å². The summed E-state index contributed by atoms with van der Waals surface area (Å²) in [7, 11) is 1.52. The van der Waals surface area contributed by atoms with E-state index in [0.717, 1.165) is 12.8 Å². The van der Waals surface area contributed by atoms with Crippen LogP contribution in [0.25, 0.3) is 0 Å². The lowest BCUT2D eigenvalue weighted by Gasteiger charge is -2.16. The van der Waals surface area contributed by atoms with Crippen LogP contribution in [0.2, 0.25) is 5.02 Å². The first kappa shape index (κ1) is 10.4. The van der Waals surface area contributed by atoms with Crippen molar-refractivity contribution in [2.75, 3.05) is 19.0 Å². The van der Waals surface area contributed by atoms with E-state index >= 15 is 0 Å². The molecule has 6 heteroatoms. The average Bonchev–Trinajstić information content (AvgIpc) is 3.02. The van der Waals surface area contributed by atoms with Crippen molar-refractivity contribution >= 4 is 17.4 Å². The highest BCUT2D eigenvalue weighted by atomic mass is 35.5. The van der Waals surface area contributed by atoms with Crippen LogP contribution in [-0.2, 0) is 0 Å². The van der Waals surface area contributed by atoms with Crippen LogP contribution in [0.1, 0.15) is 12.8 Å². The molecule has 0 spiro atoms. The van der Waals surface area contributed by atoms with Gasteiger partial charge in [0.2, 0.25) is 0 Å². The predicted octanol–water partition coefficient (Wildman–Crippen LogP) is 1.04. The maximum absolute atomic E-state index is 5.96. The van der Waals surface area contributed by atoms with Gasteiger partial charge in [0.15, 0.2) is 5.82 Å². The van der Waals surface area contributed by atoms with E-state index in [1.165, 1.54) is 13.3 Å². The lowest BCUT2D eigenvalue weighted by Crippen LogP contribution is -2.31. The summed E-state index contributed by atoms with van der Waals surface area (Å²) < 4.78 is 4.93. The molecule has 0 saturated heterocycles. The fraction of sp³-hybridized carbons (Fsp3) is 0.556. The first-order chi connectivity index (χ1) is 7.19. The van der Waals surface area contributed by atoms with E-state index in [1.807, 2.05) is 0 Å². The summed E-state index contributed by atoms with van der Waals surface area (Å²) in [6.45, 7) is 0.579. The van der Waals surface area contributed by atoms with Crippen LogP contribution in [0, 0.1) is 0 Å². The molecule has 1 aliphatic rings. The molecule has 2 rings (SSSR count). The van der Waals surface area contributed by atoms with E-state index in [0.29, 0.717) is 23.4 Å². The number of anilines is 1. The zero-order valence-electron chi connectivity index (χ0n) is 8.46. The summed E-state index contributed by atoms with van der Waals surface area (Å²) in [4.78, 5) is 8.03. The molecule has 82 valence electrons. The third-order valence-corrected chi connectivity index (χ3v) is 2.81. The Labute approximate surface area is 93.0 Å². The predicted molar refractivity (Wildman–Crippen MR) is 58.2 cm³/mol. The number of nitrogens with one attached hydrogen (secondary N) is 1. The van der Waals surface area contributed by atoms with Gasteiger partial charge in [-0.15, -0.1) is 0 Å². The standard InChI is InChI=1S/C9H13ClN4O/c1-15-8-12-4-6(10)7(13-8)14-9(5-11)2-3-9/h4H,2-3,5,11H2,1H3,(H,12,13,14). The van der Waals surface area contributed by atoms with Crippen molar-refractivity contribution in [2.45, 2.75) is 18.4 Å². The van der Waals surface area contributed by atoms with E-state index in [1.54, 1.807) is 0 Å². The van der Waals surface area contributed by atoms with E-state index in [4.69, 9.17) is 22.1 Å². The fourth-order valence-electron chi connectivity index (χ4n) is 1.32. The van der Waals surface area contributed by atoms with Gasteiger partial charge < -0.3 is 15.8 Å². The largest absolute Gasteiger partial charge is 0.467 e. The number of nitrogens with two attached hydrogens (primary N) is 1. The Balaban J connectivity index is 2.19. The Hall–Kier alpha value is -1.07. The summed E-state index contributed by atoms with van der Waals surface area (Å²) >= 11 is 5.96. The molecule has 0 aromatic carbocycles. The maximum atomic E-state index is 5.96. The number of aromatic nitrogens is 2. The Morgan fingerprint density at radius 2 is 2.40 bits per heavy atom. The number of hydrogen-bond donors (Lipinski definition) is 2. The summed E-state index contributed by atoms with van der Waals surface area (Å²) in [5, 5.41) is 3.72. The highest BCUT2D eigenvalue weighted by Gasteiger charge is 2.41. The van der Waals surface area contributed by atoms with Crippen molar-refractivity contribution in [3.8, 4) is 6.01 Å². The van der Waals surface area contributed by atoms with Crippen molar-refractivity contribution < 1.29 is 4.74 Å². The van der Waals surface area contributed by atoms with Gasteiger partial charge in [-0.1, -0.05) is 11.6 Å². The molecule has 1 aromatic heterocycles. The minimum absolute atomic E-state index is 0.0248. The van der Waals surface area contributed by atoms with Crippen molar-refractivity contribution in [3.05, 3.63) is 11.2 Å². The van der Waals surface area contributed by atoms with E-state index in [2.05, 4.69) is 15.3 Å². The van der Waals surface area contributed by atoms with Crippen LogP contribution >= 0.6 is 11.6 Å². The molecule has 0 atom stereocenters. The Morgan fingerprint density at radius 3 is 2.93 bits per heavy atom. The quantitative estimate of drug-likeness (QED) is 0.806. The maximum Gasteiger partial charge on any atom is 0.318 e. The number of halogens is 1. The first-order valence-electron chi connectivity index (χ1n) is 4.74. The van der Waals surface area contributed by atoms with Crippen LogP contribution in [0.5, 0.6) is 6.01 Å². The number of ether oxygens (including phenoxy) is 1. The number of hydrogen-bond acceptors (Lipinski definition) is 5. The minimum atomic E-state index is -0.0248. The lowest BCUT2D eigenvalue weighted by molar-refractivity contribution is 0.380. The summed E-state index contributed by atoms with van der Waals surface area (Å²) in [6.07, 6.45) is 3.61. The lowest BCUT2D eigenvalue weighted by atomic mass is 10.3. The summed E-state index contributed by atoms with van der Waals surface area (Å²) in [6, 6.07) is 0.301. The summed E-state index contributed by atoms with van der Waals surface area (Å²) in [5.74, 6) is 0.589. The molecule has 0 bridgehead atoms. The molecule has 1 saturated carbocycles. The SMILES string of the molecule is COc1ncc(Cl)c(NC2(CN)CC2)n1. The van der Waals surface area contributed by atoms with E-state index in [-0.39, 0.29) is 5.54 Å². The normalized spacial score (nSPS) is 17.3. The van der Waals surface area contributed by atoms with Gasteiger partial charge in [-0.2, -0.15) is 4.98 Å². The van der Waals surface area contributed by atoms with Gasteiger partial charge in [-0.3, -0.25) is 0 Å². The molecule has 0 aliphatic heterocycles. The second-order valence-corrected chi connectivity index (χ2v) is 4.07. The third-order valence-electron chi connectivity index (χ3n) is 2.53. The molecular formula is C9H13ClN4O.